The molecule has 0 saturated carbocycles. The van der Waals surface area contributed by atoms with Crippen molar-refractivity contribution >= 4 is 40.8 Å². The van der Waals surface area contributed by atoms with E-state index in [4.69, 9.17) is 33.2 Å². The van der Waals surface area contributed by atoms with Crippen molar-refractivity contribution in [2.24, 2.45) is 0 Å². The molecule has 122 valence electrons. The second-order valence-corrected chi connectivity index (χ2v) is 5.44. The molecule has 7 heteroatoms. The van der Waals surface area contributed by atoms with Crippen LogP contribution in [0.5, 0.6) is 0 Å². The lowest BCUT2D eigenvalue weighted by Crippen LogP contribution is -2.35. The van der Waals surface area contributed by atoms with Crippen LogP contribution in [0.1, 0.15) is 10.4 Å². The fourth-order valence-electron chi connectivity index (χ4n) is 1.95. The van der Waals surface area contributed by atoms with Gasteiger partial charge in [0.05, 0.1) is 21.7 Å². The maximum absolute atomic E-state index is 12.3. The van der Waals surface area contributed by atoms with Crippen LogP contribution in [0.2, 0.25) is 10.0 Å². The minimum Gasteiger partial charge on any atom is -0.452 e. The van der Waals surface area contributed by atoms with Gasteiger partial charge in [0.1, 0.15) is 6.54 Å². The third kappa shape index (κ3) is 4.25. The normalized spacial score (nSPS) is 9.88. The Hall–Kier alpha value is -2.55. The average molecular weight is 363 g/mol. The topological polar surface area (TPSA) is 70.4 Å². The molecule has 1 amide bonds. The summed E-state index contributed by atoms with van der Waals surface area (Å²) >= 11 is 11.8. The van der Waals surface area contributed by atoms with Gasteiger partial charge in [0.2, 0.25) is 0 Å². The van der Waals surface area contributed by atoms with Gasteiger partial charge in [0.25, 0.3) is 5.91 Å². The van der Waals surface area contributed by atoms with Crippen molar-refractivity contribution < 1.29 is 14.3 Å². The van der Waals surface area contributed by atoms with Crippen LogP contribution in [0.15, 0.2) is 48.5 Å². The molecule has 0 N–H and O–H groups in total. The first-order chi connectivity index (χ1) is 11.5. The van der Waals surface area contributed by atoms with Gasteiger partial charge in [-0.05, 0) is 24.3 Å². The van der Waals surface area contributed by atoms with E-state index < -0.39 is 18.5 Å². The lowest BCUT2D eigenvalue weighted by Gasteiger charge is -2.19. The largest absolute Gasteiger partial charge is 0.452 e. The molecule has 0 aliphatic heterocycles. The number of nitriles is 1. The predicted molar refractivity (Wildman–Crippen MR) is 91.2 cm³/mol. The fourth-order valence-corrected chi connectivity index (χ4v) is 2.32. The molecular formula is C17H12Cl2N2O3. The van der Waals surface area contributed by atoms with E-state index in [9.17, 15) is 9.59 Å². The second-order valence-electron chi connectivity index (χ2n) is 4.65. The summed E-state index contributed by atoms with van der Waals surface area (Å²) in [4.78, 5) is 25.5. The van der Waals surface area contributed by atoms with Gasteiger partial charge in [-0.3, -0.25) is 9.69 Å². The number of carbonyl (C=O) groups is 2. The van der Waals surface area contributed by atoms with Crippen molar-refractivity contribution in [3.63, 3.8) is 0 Å². The Morgan fingerprint density at radius 3 is 2.46 bits per heavy atom. The molecule has 0 aliphatic rings. The van der Waals surface area contributed by atoms with Crippen LogP contribution in [0.25, 0.3) is 0 Å². The predicted octanol–water partition coefficient (Wildman–Crippen LogP) is 3.71. The van der Waals surface area contributed by atoms with Crippen LogP contribution in [-0.4, -0.2) is 25.0 Å². The van der Waals surface area contributed by atoms with Crippen LogP contribution in [0.4, 0.5) is 5.69 Å². The van der Waals surface area contributed by atoms with E-state index in [1.165, 1.54) is 17.0 Å². The van der Waals surface area contributed by atoms with E-state index >= 15 is 0 Å². The number of esters is 1. The Morgan fingerprint density at radius 1 is 1.08 bits per heavy atom. The van der Waals surface area contributed by atoms with Crippen molar-refractivity contribution in [2.45, 2.75) is 0 Å². The van der Waals surface area contributed by atoms with Crippen molar-refractivity contribution in [1.82, 2.24) is 0 Å². The average Bonchev–Trinajstić information content (AvgIpc) is 2.60. The first kappa shape index (κ1) is 17.8. The van der Waals surface area contributed by atoms with Gasteiger partial charge in [-0.2, -0.15) is 5.26 Å². The monoisotopic (exact) mass is 362 g/mol. The maximum atomic E-state index is 12.3. The van der Waals surface area contributed by atoms with Gasteiger partial charge < -0.3 is 4.74 Å². The Kier molecular flexibility index (Phi) is 6.19. The standard InChI is InChI=1S/C17H12Cl2N2O3/c18-14-8-4-7-13(16(14)19)17(23)24-11-15(22)21(10-9-20)12-5-2-1-3-6-12/h1-8H,10-11H2. The summed E-state index contributed by atoms with van der Waals surface area (Å²) < 4.78 is 4.99. The van der Waals surface area contributed by atoms with Crippen molar-refractivity contribution in [3.8, 4) is 6.07 Å². The molecule has 5 nitrogen and oxygen atoms in total. The van der Waals surface area contributed by atoms with Gasteiger partial charge in [0, 0.05) is 5.69 Å². The molecule has 24 heavy (non-hydrogen) atoms. The third-order valence-corrected chi connectivity index (χ3v) is 3.91. The molecular weight excluding hydrogens is 351 g/mol. The maximum Gasteiger partial charge on any atom is 0.340 e. The number of benzene rings is 2. The fraction of sp³-hybridized carbons (Fsp3) is 0.118. The summed E-state index contributed by atoms with van der Waals surface area (Å²) in [7, 11) is 0. The number of carbonyl (C=O) groups excluding carboxylic acids is 2. The molecule has 0 saturated heterocycles. The molecule has 0 atom stereocenters. The minimum atomic E-state index is -0.763. The number of para-hydroxylation sites is 1. The lowest BCUT2D eigenvalue weighted by atomic mass is 10.2. The Balaban J connectivity index is 2.07. The molecule has 0 bridgehead atoms. The van der Waals surface area contributed by atoms with E-state index in [1.807, 2.05) is 6.07 Å². The van der Waals surface area contributed by atoms with Gasteiger partial charge >= 0.3 is 5.97 Å². The van der Waals surface area contributed by atoms with Gasteiger partial charge in [-0.25, -0.2) is 4.79 Å². The number of hydrogen-bond donors (Lipinski definition) is 0. The Morgan fingerprint density at radius 2 is 1.79 bits per heavy atom. The molecule has 2 aromatic rings. The number of ether oxygens (including phenoxy) is 1. The Labute approximate surface area is 149 Å². The van der Waals surface area contributed by atoms with E-state index in [0.717, 1.165) is 0 Å². The molecule has 0 heterocycles. The highest BCUT2D eigenvalue weighted by molar-refractivity contribution is 6.43. The van der Waals surface area contributed by atoms with Crippen LogP contribution in [-0.2, 0) is 9.53 Å². The molecule has 0 radical (unpaired) electrons. The first-order valence-electron chi connectivity index (χ1n) is 6.88. The summed E-state index contributed by atoms with van der Waals surface area (Å²) in [5.41, 5.74) is 0.615. The summed E-state index contributed by atoms with van der Waals surface area (Å²) in [5.74, 6) is -1.28. The zero-order valence-electron chi connectivity index (χ0n) is 12.4. The van der Waals surface area contributed by atoms with Crippen molar-refractivity contribution in [2.75, 3.05) is 18.1 Å². The quantitative estimate of drug-likeness (QED) is 0.600. The number of anilines is 1. The zero-order chi connectivity index (χ0) is 17.5. The van der Waals surface area contributed by atoms with E-state index in [-0.39, 0.29) is 22.2 Å². The molecule has 2 rings (SSSR count). The SMILES string of the molecule is N#CCN(C(=O)COC(=O)c1cccc(Cl)c1Cl)c1ccccc1. The summed E-state index contributed by atoms with van der Waals surface area (Å²) in [6.45, 7) is -0.670. The van der Waals surface area contributed by atoms with E-state index in [2.05, 4.69) is 0 Å². The van der Waals surface area contributed by atoms with Crippen LogP contribution in [0, 0.1) is 11.3 Å². The second kappa shape index (κ2) is 8.34. The van der Waals surface area contributed by atoms with E-state index in [1.54, 1.807) is 36.4 Å². The Bertz CT molecular complexity index is 788. The van der Waals surface area contributed by atoms with Crippen LogP contribution >= 0.6 is 23.2 Å². The van der Waals surface area contributed by atoms with Crippen LogP contribution in [0.3, 0.4) is 0 Å². The highest BCUT2D eigenvalue weighted by Crippen LogP contribution is 2.26. The zero-order valence-corrected chi connectivity index (χ0v) is 13.9. The molecule has 0 fully saturated rings. The highest BCUT2D eigenvalue weighted by Gasteiger charge is 2.19. The smallest absolute Gasteiger partial charge is 0.340 e. The van der Waals surface area contributed by atoms with Gasteiger partial charge in [0.15, 0.2) is 6.61 Å². The number of rotatable bonds is 5. The molecule has 0 spiro atoms. The van der Waals surface area contributed by atoms with Crippen molar-refractivity contribution in [1.29, 1.82) is 5.26 Å². The number of hydrogen-bond acceptors (Lipinski definition) is 4. The van der Waals surface area contributed by atoms with Gasteiger partial charge in [-0.1, -0.05) is 47.5 Å². The number of amides is 1. The summed E-state index contributed by atoms with van der Waals surface area (Å²) in [6, 6.07) is 15.1. The van der Waals surface area contributed by atoms with E-state index in [0.29, 0.717) is 5.69 Å². The summed E-state index contributed by atoms with van der Waals surface area (Å²) in [5, 5.41) is 9.16. The lowest BCUT2D eigenvalue weighted by molar-refractivity contribution is -0.121. The third-order valence-electron chi connectivity index (χ3n) is 3.10. The summed E-state index contributed by atoms with van der Waals surface area (Å²) in [6.07, 6.45) is 0. The highest BCUT2D eigenvalue weighted by atomic mass is 35.5. The van der Waals surface area contributed by atoms with Crippen LogP contribution < -0.4 is 4.90 Å². The number of halogens is 2. The van der Waals surface area contributed by atoms with Gasteiger partial charge in [-0.15, -0.1) is 0 Å². The molecule has 0 aliphatic carbocycles. The molecule has 0 unspecified atom stereocenters. The number of nitrogens with zero attached hydrogens (tertiary/aromatic N) is 2. The van der Waals surface area contributed by atoms with Crippen molar-refractivity contribution in [3.05, 3.63) is 64.1 Å². The minimum absolute atomic E-state index is 0.0635. The molecule has 2 aromatic carbocycles. The molecule has 0 aromatic heterocycles. The first-order valence-corrected chi connectivity index (χ1v) is 7.63.